The van der Waals surface area contributed by atoms with Crippen LogP contribution < -0.4 is 0 Å². The van der Waals surface area contributed by atoms with Crippen LogP contribution >= 0.6 is 0 Å². The second-order valence-corrected chi connectivity index (χ2v) is 3.95. The third-order valence-corrected chi connectivity index (χ3v) is 2.48. The monoisotopic (exact) mass is 229 g/mol. The molecular weight excluding hydrogens is 218 g/mol. The van der Waals surface area contributed by atoms with Crippen LogP contribution in [0.2, 0.25) is 0 Å². The first-order chi connectivity index (χ1) is 6.93. The Labute approximate surface area is 88.2 Å². The zero-order valence-corrected chi connectivity index (χ0v) is 9.15. The van der Waals surface area contributed by atoms with Gasteiger partial charge in [0.2, 0.25) is 6.08 Å². The van der Waals surface area contributed by atoms with Gasteiger partial charge in [-0.2, -0.15) is 8.42 Å². The lowest BCUT2D eigenvalue weighted by Crippen LogP contribution is -1.99. The Morgan fingerprint density at radius 3 is 2.07 bits per heavy atom. The van der Waals surface area contributed by atoms with Gasteiger partial charge in [-0.3, -0.25) is 4.55 Å². The molecule has 0 bridgehead atoms. The molecule has 6 heteroatoms. The predicted octanol–water partition coefficient (Wildman–Crippen LogP) is 1.19. The van der Waals surface area contributed by atoms with E-state index in [2.05, 4.69) is 4.99 Å². The Kier molecular flexibility index (Phi) is 5.48. The summed E-state index contributed by atoms with van der Waals surface area (Å²) in [6.07, 6.45) is 1.31. The molecule has 0 atom stereocenters. The first kappa shape index (κ1) is 13.5. The molecule has 0 spiro atoms. The summed E-state index contributed by atoms with van der Waals surface area (Å²) < 4.78 is 29.9. The second-order valence-electron chi connectivity index (χ2n) is 2.56. The highest BCUT2D eigenvalue weighted by Gasteiger charge is 2.10. The summed E-state index contributed by atoms with van der Waals surface area (Å²) in [5.41, 5.74) is 0.551. The molecule has 15 heavy (non-hydrogen) atoms. The van der Waals surface area contributed by atoms with Crippen molar-refractivity contribution >= 4 is 16.2 Å². The van der Waals surface area contributed by atoms with Crippen molar-refractivity contribution in [2.24, 2.45) is 4.99 Å². The Bertz CT molecular complexity index is 461. The van der Waals surface area contributed by atoms with Crippen molar-refractivity contribution in [1.29, 1.82) is 0 Å². The van der Waals surface area contributed by atoms with Gasteiger partial charge in [0.05, 0.1) is 4.90 Å². The fourth-order valence-corrected chi connectivity index (χ4v) is 1.57. The fourth-order valence-electron chi connectivity index (χ4n) is 0.846. The lowest BCUT2D eigenvalue weighted by atomic mass is 10.2. The lowest BCUT2D eigenvalue weighted by Gasteiger charge is -1.99. The summed E-state index contributed by atoms with van der Waals surface area (Å²) >= 11 is 0. The molecule has 0 radical (unpaired) electrons. The van der Waals surface area contributed by atoms with Crippen molar-refractivity contribution in [1.82, 2.24) is 0 Å². The van der Waals surface area contributed by atoms with E-state index in [1.54, 1.807) is 25.1 Å². The second kappa shape index (κ2) is 6.08. The smallest absolute Gasteiger partial charge is 0.282 e. The zero-order chi connectivity index (χ0) is 11.9. The number of rotatable bonds is 1. The maximum atomic E-state index is 10.6. The Morgan fingerprint density at radius 2 is 1.80 bits per heavy atom. The van der Waals surface area contributed by atoms with Crippen molar-refractivity contribution in [2.75, 3.05) is 7.05 Å². The molecule has 0 unspecified atom stereocenters. The summed E-state index contributed by atoms with van der Waals surface area (Å²) in [6.45, 7) is 1.63. The normalized spacial score (nSPS) is 9.53. The van der Waals surface area contributed by atoms with Gasteiger partial charge in [0.15, 0.2) is 0 Å². The van der Waals surface area contributed by atoms with E-state index in [0.29, 0.717) is 5.56 Å². The van der Waals surface area contributed by atoms with Gasteiger partial charge in [-0.25, -0.2) is 9.79 Å². The van der Waals surface area contributed by atoms with Crippen molar-refractivity contribution < 1.29 is 17.8 Å². The molecule has 0 aliphatic rings. The van der Waals surface area contributed by atoms with Gasteiger partial charge >= 0.3 is 0 Å². The van der Waals surface area contributed by atoms with Gasteiger partial charge in [0.1, 0.15) is 0 Å². The third-order valence-electron chi connectivity index (χ3n) is 1.46. The molecule has 0 saturated carbocycles. The molecule has 82 valence electrons. The van der Waals surface area contributed by atoms with Crippen LogP contribution in [0.25, 0.3) is 0 Å². The van der Waals surface area contributed by atoms with Crippen LogP contribution in [0.5, 0.6) is 0 Å². The minimum absolute atomic E-state index is 0.0278. The molecule has 0 aliphatic carbocycles. The predicted molar refractivity (Wildman–Crippen MR) is 55.0 cm³/mol. The zero-order valence-electron chi connectivity index (χ0n) is 8.34. The number of hydrogen-bond donors (Lipinski definition) is 1. The summed E-state index contributed by atoms with van der Waals surface area (Å²) in [6, 6.07) is 6.27. The van der Waals surface area contributed by atoms with Gasteiger partial charge in [-0.05, 0) is 18.6 Å². The highest BCUT2D eigenvalue weighted by atomic mass is 32.2. The number of isocyanates is 1. The van der Waals surface area contributed by atoms with Crippen molar-refractivity contribution in [3.8, 4) is 0 Å². The topological polar surface area (TPSA) is 83.8 Å². The SMILES string of the molecule is CN=C=O.Cc1ccccc1S(=O)(=O)O. The average molecular weight is 229 g/mol. The molecule has 0 fully saturated rings. The number of aryl methyl sites for hydroxylation is 1. The number of carbonyl (C=O) groups excluding carboxylic acids is 1. The van der Waals surface area contributed by atoms with Gasteiger partial charge in [0, 0.05) is 7.05 Å². The molecule has 1 aromatic carbocycles. The average Bonchev–Trinajstić information content (AvgIpc) is 2.17. The van der Waals surface area contributed by atoms with Crippen molar-refractivity contribution in [2.45, 2.75) is 11.8 Å². The van der Waals surface area contributed by atoms with Crippen molar-refractivity contribution in [3.05, 3.63) is 29.8 Å². The van der Waals surface area contributed by atoms with Crippen LogP contribution in [0.15, 0.2) is 34.2 Å². The molecule has 0 aliphatic heterocycles. The largest absolute Gasteiger partial charge is 0.294 e. The summed E-state index contributed by atoms with van der Waals surface area (Å²) in [4.78, 5) is 11.8. The van der Waals surface area contributed by atoms with Crippen LogP contribution in [0.3, 0.4) is 0 Å². The van der Waals surface area contributed by atoms with E-state index in [1.807, 2.05) is 0 Å². The summed E-state index contributed by atoms with van der Waals surface area (Å²) in [5, 5.41) is 0. The molecule has 0 aromatic heterocycles. The molecule has 0 saturated heterocycles. The lowest BCUT2D eigenvalue weighted by molar-refractivity contribution is 0.482. The third kappa shape index (κ3) is 5.07. The Hall–Kier alpha value is -1.49. The number of nitrogens with zero attached hydrogens (tertiary/aromatic N) is 1. The van der Waals surface area contributed by atoms with Crippen LogP contribution in [-0.4, -0.2) is 26.1 Å². The molecule has 1 N–H and O–H groups in total. The van der Waals surface area contributed by atoms with Crippen LogP contribution in [0.1, 0.15) is 5.56 Å². The highest BCUT2D eigenvalue weighted by Crippen LogP contribution is 2.12. The molecule has 5 nitrogen and oxygen atoms in total. The maximum absolute atomic E-state index is 10.6. The number of aliphatic imine (C=N–C) groups is 1. The van der Waals surface area contributed by atoms with E-state index < -0.39 is 10.1 Å². The minimum Gasteiger partial charge on any atom is -0.282 e. The number of benzene rings is 1. The molecular formula is C9H11NO4S. The van der Waals surface area contributed by atoms with Crippen LogP contribution in [0.4, 0.5) is 0 Å². The quantitative estimate of drug-likeness (QED) is 0.445. The maximum Gasteiger partial charge on any atom is 0.294 e. The summed E-state index contributed by atoms with van der Waals surface area (Å²) in [7, 11) is -2.65. The van der Waals surface area contributed by atoms with Gasteiger partial charge in [-0.1, -0.05) is 18.2 Å². The van der Waals surface area contributed by atoms with Crippen LogP contribution in [0, 0.1) is 6.92 Å². The Balaban J connectivity index is 0.000000423. The summed E-state index contributed by atoms with van der Waals surface area (Å²) in [5.74, 6) is 0. The standard InChI is InChI=1S/C7H8O3S.C2H3NO/c1-6-4-2-3-5-7(6)11(8,9)10;1-3-2-4/h2-5H,1H3,(H,8,9,10);1H3. The molecule has 1 aromatic rings. The van der Waals surface area contributed by atoms with Gasteiger partial charge < -0.3 is 0 Å². The van der Waals surface area contributed by atoms with Crippen molar-refractivity contribution in [3.63, 3.8) is 0 Å². The minimum atomic E-state index is -4.03. The van der Waals surface area contributed by atoms with E-state index in [1.165, 1.54) is 19.2 Å². The van der Waals surface area contributed by atoms with E-state index in [4.69, 9.17) is 9.35 Å². The van der Waals surface area contributed by atoms with Crippen LogP contribution in [-0.2, 0) is 14.9 Å². The van der Waals surface area contributed by atoms with Gasteiger partial charge in [-0.15, -0.1) is 0 Å². The van der Waals surface area contributed by atoms with E-state index >= 15 is 0 Å². The Morgan fingerprint density at radius 1 is 1.33 bits per heavy atom. The molecule has 0 amide bonds. The van der Waals surface area contributed by atoms with E-state index in [0.717, 1.165) is 0 Å². The number of hydrogen-bond acceptors (Lipinski definition) is 4. The molecule has 1 rings (SSSR count). The molecule has 0 heterocycles. The fraction of sp³-hybridized carbons (Fsp3) is 0.222. The highest BCUT2D eigenvalue weighted by molar-refractivity contribution is 7.85. The van der Waals surface area contributed by atoms with E-state index in [-0.39, 0.29) is 4.90 Å². The first-order valence-corrected chi connectivity index (χ1v) is 5.36. The first-order valence-electron chi connectivity index (χ1n) is 3.92. The van der Waals surface area contributed by atoms with E-state index in [9.17, 15) is 8.42 Å². The van der Waals surface area contributed by atoms with Gasteiger partial charge in [0.25, 0.3) is 10.1 Å².